The Kier molecular flexibility index (Phi) is 5.84. The summed E-state index contributed by atoms with van der Waals surface area (Å²) >= 11 is 1.48. The summed E-state index contributed by atoms with van der Waals surface area (Å²) < 4.78 is 17.0. The molecular formula is C19H21N3O5S. The van der Waals surface area contributed by atoms with E-state index in [1.165, 1.54) is 39.0 Å². The number of hydrogen-bond donors (Lipinski definition) is 1. The number of aromatic nitrogens is 2. The number of nitrogens with zero attached hydrogens (tertiary/aromatic N) is 2. The van der Waals surface area contributed by atoms with Gasteiger partial charge < -0.3 is 14.2 Å². The molecule has 0 radical (unpaired) electrons. The third-order valence-corrected chi connectivity index (χ3v) is 5.37. The van der Waals surface area contributed by atoms with Gasteiger partial charge in [0.2, 0.25) is 11.7 Å². The number of aryl methyl sites for hydroxylation is 1. The van der Waals surface area contributed by atoms with E-state index in [1.807, 2.05) is 13.0 Å². The van der Waals surface area contributed by atoms with Gasteiger partial charge in [-0.1, -0.05) is 6.92 Å². The third-order valence-electron chi connectivity index (χ3n) is 4.19. The molecule has 8 nitrogen and oxygen atoms in total. The Morgan fingerprint density at radius 3 is 2.39 bits per heavy atom. The molecule has 148 valence electrons. The predicted octanol–water partition coefficient (Wildman–Crippen LogP) is 2.36. The minimum Gasteiger partial charge on any atom is -0.493 e. The quantitative estimate of drug-likeness (QED) is 0.651. The van der Waals surface area contributed by atoms with Crippen molar-refractivity contribution in [1.82, 2.24) is 9.66 Å². The lowest BCUT2D eigenvalue weighted by Crippen LogP contribution is -2.33. The Balaban J connectivity index is 1.83. The Morgan fingerprint density at radius 1 is 1.14 bits per heavy atom. The van der Waals surface area contributed by atoms with Crippen LogP contribution in [0, 0.1) is 0 Å². The molecule has 0 bridgehead atoms. The largest absolute Gasteiger partial charge is 0.493 e. The van der Waals surface area contributed by atoms with E-state index < -0.39 is 0 Å². The Bertz CT molecular complexity index is 1050. The topological polar surface area (TPSA) is 91.7 Å². The van der Waals surface area contributed by atoms with Crippen LogP contribution in [0.4, 0.5) is 0 Å². The average Bonchev–Trinajstić information content (AvgIpc) is 3.13. The first-order chi connectivity index (χ1) is 13.5. The highest BCUT2D eigenvalue weighted by atomic mass is 32.1. The van der Waals surface area contributed by atoms with E-state index in [4.69, 9.17) is 14.2 Å². The lowest BCUT2D eigenvalue weighted by atomic mass is 10.1. The average molecular weight is 403 g/mol. The van der Waals surface area contributed by atoms with Gasteiger partial charge in [0.15, 0.2) is 11.5 Å². The zero-order valence-corrected chi connectivity index (χ0v) is 16.9. The fourth-order valence-electron chi connectivity index (χ4n) is 2.82. The third kappa shape index (κ3) is 3.79. The van der Waals surface area contributed by atoms with Crippen LogP contribution in [-0.2, 0) is 17.6 Å². The molecule has 0 aliphatic carbocycles. The van der Waals surface area contributed by atoms with Gasteiger partial charge in [-0.05, 0) is 30.2 Å². The summed E-state index contributed by atoms with van der Waals surface area (Å²) in [6, 6.07) is 5.20. The molecule has 2 aromatic heterocycles. The summed E-state index contributed by atoms with van der Waals surface area (Å²) in [5, 5.41) is 0.498. The molecule has 0 fully saturated rings. The van der Waals surface area contributed by atoms with Crippen LogP contribution in [-0.4, -0.2) is 36.9 Å². The standard InChI is InChI=1S/C19H21N3O5S/c1-5-12-9-13-18(28-12)20-10-22(19(13)24)21-16(23)8-11-6-14(25-2)17(27-4)15(7-11)26-3/h6-7,9-10H,5,8H2,1-4H3,(H,21,23). The molecule has 0 unspecified atom stereocenters. The van der Waals surface area contributed by atoms with Gasteiger partial charge in [-0.3, -0.25) is 15.0 Å². The van der Waals surface area contributed by atoms with E-state index in [1.54, 1.807) is 12.1 Å². The minimum absolute atomic E-state index is 0.0189. The highest BCUT2D eigenvalue weighted by Gasteiger charge is 2.16. The number of rotatable bonds is 7. The van der Waals surface area contributed by atoms with Crippen molar-refractivity contribution in [3.63, 3.8) is 0 Å². The lowest BCUT2D eigenvalue weighted by molar-refractivity contribution is -0.116. The second kappa shape index (κ2) is 8.30. The Labute approximate surface area is 165 Å². The molecule has 1 aromatic carbocycles. The molecule has 0 saturated heterocycles. The maximum atomic E-state index is 12.6. The molecule has 1 N–H and O–H groups in total. The molecule has 0 aliphatic rings. The maximum Gasteiger partial charge on any atom is 0.280 e. The zero-order chi connectivity index (χ0) is 20.3. The normalized spacial score (nSPS) is 10.7. The van der Waals surface area contributed by atoms with Crippen LogP contribution >= 0.6 is 11.3 Å². The molecule has 0 aliphatic heterocycles. The number of benzene rings is 1. The number of amides is 1. The fraction of sp³-hybridized carbons (Fsp3) is 0.316. The molecule has 1 amide bonds. The van der Waals surface area contributed by atoms with E-state index in [2.05, 4.69) is 10.4 Å². The van der Waals surface area contributed by atoms with Crippen LogP contribution < -0.4 is 25.2 Å². The molecule has 0 atom stereocenters. The summed E-state index contributed by atoms with van der Waals surface area (Å²) in [4.78, 5) is 31.1. The van der Waals surface area contributed by atoms with Crippen LogP contribution in [0.1, 0.15) is 17.4 Å². The van der Waals surface area contributed by atoms with E-state index in [0.29, 0.717) is 33.0 Å². The van der Waals surface area contributed by atoms with Crippen molar-refractivity contribution in [3.8, 4) is 17.2 Å². The summed E-state index contributed by atoms with van der Waals surface area (Å²) in [5.74, 6) is 0.984. The van der Waals surface area contributed by atoms with Gasteiger partial charge in [-0.25, -0.2) is 9.66 Å². The van der Waals surface area contributed by atoms with Crippen LogP contribution in [0.15, 0.2) is 29.3 Å². The number of carbonyl (C=O) groups excluding carboxylic acids is 1. The van der Waals surface area contributed by atoms with Crippen LogP contribution in [0.3, 0.4) is 0 Å². The Morgan fingerprint density at radius 2 is 1.82 bits per heavy atom. The van der Waals surface area contributed by atoms with E-state index in [-0.39, 0.29) is 17.9 Å². The first kappa shape index (κ1) is 19.7. The number of hydrogen-bond acceptors (Lipinski definition) is 7. The van der Waals surface area contributed by atoms with Crippen LogP contribution in [0.2, 0.25) is 0 Å². The molecule has 28 heavy (non-hydrogen) atoms. The first-order valence-electron chi connectivity index (χ1n) is 8.59. The van der Waals surface area contributed by atoms with Crippen molar-refractivity contribution in [2.24, 2.45) is 0 Å². The Hall–Kier alpha value is -3.07. The summed E-state index contributed by atoms with van der Waals surface area (Å²) in [6.07, 6.45) is 2.17. The van der Waals surface area contributed by atoms with E-state index >= 15 is 0 Å². The summed E-state index contributed by atoms with van der Waals surface area (Å²) in [6.45, 7) is 2.02. The lowest BCUT2D eigenvalue weighted by Gasteiger charge is -2.14. The SMILES string of the molecule is CCc1cc2c(=O)n(NC(=O)Cc3cc(OC)c(OC)c(OC)c3)cnc2s1. The molecule has 3 rings (SSSR count). The maximum absolute atomic E-state index is 12.6. The summed E-state index contributed by atoms with van der Waals surface area (Å²) in [5.41, 5.74) is 2.92. The first-order valence-corrected chi connectivity index (χ1v) is 9.41. The molecule has 3 aromatic rings. The van der Waals surface area contributed by atoms with Crippen LogP contribution in [0.25, 0.3) is 10.2 Å². The second-order valence-electron chi connectivity index (χ2n) is 5.95. The van der Waals surface area contributed by atoms with E-state index in [0.717, 1.165) is 16.0 Å². The highest BCUT2D eigenvalue weighted by Crippen LogP contribution is 2.38. The van der Waals surface area contributed by atoms with Crippen LogP contribution in [0.5, 0.6) is 17.2 Å². The van der Waals surface area contributed by atoms with Gasteiger partial charge in [0, 0.05) is 4.88 Å². The molecule has 0 spiro atoms. The predicted molar refractivity (Wildman–Crippen MR) is 107 cm³/mol. The number of methoxy groups -OCH3 is 3. The fourth-order valence-corrected chi connectivity index (χ4v) is 3.75. The van der Waals surface area contributed by atoms with Gasteiger partial charge in [0.05, 0.1) is 33.1 Å². The number of nitrogens with one attached hydrogen (secondary N) is 1. The highest BCUT2D eigenvalue weighted by molar-refractivity contribution is 7.18. The smallest absolute Gasteiger partial charge is 0.280 e. The number of thiophene rings is 1. The van der Waals surface area contributed by atoms with Crippen molar-refractivity contribution >= 4 is 27.5 Å². The van der Waals surface area contributed by atoms with Gasteiger partial charge >= 0.3 is 0 Å². The monoisotopic (exact) mass is 403 g/mol. The van der Waals surface area contributed by atoms with Crippen molar-refractivity contribution in [1.29, 1.82) is 0 Å². The van der Waals surface area contributed by atoms with Crippen molar-refractivity contribution in [2.45, 2.75) is 19.8 Å². The van der Waals surface area contributed by atoms with Crippen molar-refractivity contribution < 1.29 is 19.0 Å². The van der Waals surface area contributed by atoms with Gasteiger partial charge in [0.25, 0.3) is 5.56 Å². The number of fused-ring (bicyclic) bond motifs is 1. The molecule has 0 saturated carbocycles. The molecule has 9 heteroatoms. The zero-order valence-electron chi connectivity index (χ0n) is 16.1. The number of carbonyl (C=O) groups is 1. The second-order valence-corrected chi connectivity index (χ2v) is 7.07. The van der Waals surface area contributed by atoms with Crippen molar-refractivity contribution in [2.75, 3.05) is 26.8 Å². The number of ether oxygens (including phenoxy) is 3. The van der Waals surface area contributed by atoms with Gasteiger partial charge in [-0.2, -0.15) is 0 Å². The molecule has 2 heterocycles. The summed E-state index contributed by atoms with van der Waals surface area (Å²) in [7, 11) is 4.52. The minimum atomic E-state index is -0.372. The van der Waals surface area contributed by atoms with Gasteiger partial charge in [-0.15, -0.1) is 11.3 Å². The van der Waals surface area contributed by atoms with E-state index in [9.17, 15) is 9.59 Å². The van der Waals surface area contributed by atoms with Crippen molar-refractivity contribution in [3.05, 3.63) is 45.3 Å². The van der Waals surface area contributed by atoms with Gasteiger partial charge in [0.1, 0.15) is 11.2 Å². The molecular weight excluding hydrogens is 382 g/mol.